The first kappa shape index (κ1) is 24.7. The Morgan fingerprint density at radius 1 is 1.25 bits per heavy atom. The van der Waals surface area contributed by atoms with E-state index >= 15 is 0 Å². The number of ketones is 1. The smallest absolute Gasteiger partial charge is 0.343 e. The highest BCUT2D eigenvalue weighted by Gasteiger charge is 2.72. The number of nitrogens with zero attached hydrogens (tertiary/aromatic N) is 1. The van der Waals surface area contributed by atoms with Crippen LogP contribution >= 0.6 is 0 Å². The van der Waals surface area contributed by atoms with Gasteiger partial charge in [0.15, 0.2) is 29.5 Å². The zero-order valence-electron chi connectivity index (χ0n) is 19.9. The molecule has 11 nitrogen and oxygen atoms in total. The van der Waals surface area contributed by atoms with Crippen molar-refractivity contribution < 1.29 is 49.4 Å². The molecule has 2 heterocycles. The minimum atomic E-state index is -2.25. The summed E-state index contributed by atoms with van der Waals surface area (Å²) in [5.74, 6) is -4.55. The first-order valence-corrected chi connectivity index (χ1v) is 11.9. The lowest BCUT2D eigenvalue weighted by Crippen LogP contribution is -2.74. The lowest BCUT2D eigenvalue weighted by molar-refractivity contribution is -0.175. The van der Waals surface area contributed by atoms with Crippen molar-refractivity contribution >= 4 is 17.7 Å². The number of phenolic OH excluding ortho intramolecular Hbond substituents is 1. The third-order valence-electron chi connectivity index (χ3n) is 8.37. The van der Waals surface area contributed by atoms with Crippen LogP contribution < -0.4 is 4.74 Å². The monoisotopic (exact) mass is 503 g/mol. The van der Waals surface area contributed by atoms with Crippen LogP contribution in [0.5, 0.6) is 11.5 Å². The molecule has 2 bridgehead atoms. The Labute approximate surface area is 206 Å². The number of aliphatic hydroxyl groups is 3. The number of esters is 1. The predicted molar refractivity (Wildman–Crippen MR) is 121 cm³/mol. The summed E-state index contributed by atoms with van der Waals surface area (Å²) in [7, 11) is 1.94. The second kappa shape index (κ2) is 8.27. The fourth-order valence-electron chi connectivity index (χ4n) is 6.43. The average Bonchev–Trinajstić information content (AvgIpc) is 3.19. The number of Topliss-reactive ketones (excluding diaryl/α,β-unsaturated/α-hetero) is 1. The highest BCUT2D eigenvalue weighted by Crippen LogP contribution is 2.65. The summed E-state index contributed by atoms with van der Waals surface area (Å²) in [4.78, 5) is 38.0. The molecule has 1 spiro atoms. The maximum Gasteiger partial charge on any atom is 0.343 e. The topological polar surface area (TPSA) is 174 Å². The highest BCUT2D eigenvalue weighted by molar-refractivity contribution is 5.92. The molecule has 36 heavy (non-hydrogen) atoms. The number of hydrogen-bond acceptors (Lipinski definition) is 10. The van der Waals surface area contributed by atoms with Gasteiger partial charge in [-0.05, 0) is 44.1 Å². The number of carbonyl (C=O) groups excluding carboxylic acids is 2. The summed E-state index contributed by atoms with van der Waals surface area (Å²) < 4.78 is 11.6. The summed E-state index contributed by atoms with van der Waals surface area (Å²) in [6.07, 6.45) is -3.33. The number of aromatic hydroxyl groups is 1. The largest absolute Gasteiger partial charge is 0.504 e. The molecule has 1 fully saturated rings. The molecule has 0 radical (unpaired) electrons. The third kappa shape index (κ3) is 3.23. The Bertz CT molecular complexity index is 1180. The van der Waals surface area contributed by atoms with E-state index in [1.54, 1.807) is 6.07 Å². The molecule has 2 aliphatic heterocycles. The number of aliphatic carboxylic acids is 1. The van der Waals surface area contributed by atoms with Gasteiger partial charge in [-0.15, -0.1) is 0 Å². The van der Waals surface area contributed by atoms with E-state index in [1.807, 2.05) is 7.05 Å². The number of aliphatic hydroxyl groups excluding tert-OH is 2. The van der Waals surface area contributed by atoms with Gasteiger partial charge in [-0.2, -0.15) is 0 Å². The standard InChI is InChI=1S/C25H29NO10/c1-11(22(31)32)9-14(28)18(29)19(30)23(33)35-15-5-6-25(34)16-10-12-3-4-13(27)20-17(12)24(25,21(15)36-20)7-8-26(16)2/h3-5,11,16,18-19,21,27,29-30,34H,6-10H2,1-2H3,(H,31,32)/t11-,16-,18-,19+,21?,24?,25-/m1/s1. The predicted octanol–water partition coefficient (Wildman–Crippen LogP) is -0.385. The molecule has 2 aliphatic carbocycles. The molecular weight excluding hydrogens is 474 g/mol. The number of carbonyl (C=O) groups is 3. The van der Waals surface area contributed by atoms with Gasteiger partial charge in [-0.3, -0.25) is 9.59 Å². The van der Waals surface area contributed by atoms with Crippen molar-refractivity contribution in [2.75, 3.05) is 13.6 Å². The number of benzene rings is 1. The SMILES string of the molecule is C[C@H](CC(=O)[C@@H](O)[C@H](O)C(=O)OC1=CC[C@@]2(O)[C@H]3Cc4ccc(O)c5c4C2(CCN3C)C1O5)C(=O)O. The quantitative estimate of drug-likeness (QED) is 0.307. The van der Waals surface area contributed by atoms with Gasteiger partial charge in [-0.25, -0.2) is 4.79 Å². The number of carboxylic acid groups (broad SMARTS) is 1. The van der Waals surface area contributed by atoms with Gasteiger partial charge in [0.1, 0.15) is 11.9 Å². The van der Waals surface area contributed by atoms with Crippen molar-refractivity contribution in [3.05, 3.63) is 35.1 Å². The van der Waals surface area contributed by atoms with Crippen molar-refractivity contribution in [3.63, 3.8) is 0 Å². The van der Waals surface area contributed by atoms with Crippen LogP contribution in [0.1, 0.15) is 37.3 Å². The molecule has 0 amide bonds. The molecular formula is C25H29NO10. The number of piperidine rings is 1. The molecule has 2 unspecified atom stereocenters. The van der Waals surface area contributed by atoms with E-state index in [9.17, 15) is 34.8 Å². The van der Waals surface area contributed by atoms with E-state index in [4.69, 9.17) is 14.6 Å². The van der Waals surface area contributed by atoms with Gasteiger partial charge in [0.25, 0.3) is 0 Å². The zero-order chi connectivity index (χ0) is 26.2. The Hall–Kier alpha value is -2.99. The first-order valence-electron chi connectivity index (χ1n) is 11.9. The molecule has 4 aliphatic rings. The maximum absolute atomic E-state index is 12.8. The Balaban J connectivity index is 1.44. The fraction of sp³-hybridized carbons (Fsp3) is 0.560. The van der Waals surface area contributed by atoms with Crippen molar-refractivity contribution in [1.29, 1.82) is 0 Å². The minimum absolute atomic E-state index is 0.00836. The molecule has 5 rings (SSSR count). The maximum atomic E-state index is 12.8. The lowest BCUT2D eigenvalue weighted by atomic mass is 9.50. The lowest BCUT2D eigenvalue weighted by Gasteiger charge is -2.61. The number of ether oxygens (including phenoxy) is 2. The third-order valence-corrected chi connectivity index (χ3v) is 8.37. The summed E-state index contributed by atoms with van der Waals surface area (Å²) in [5.41, 5.74) is -0.660. The average molecular weight is 504 g/mol. The van der Waals surface area contributed by atoms with Crippen LogP contribution in [-0.2, 0) is 31.0 Å². The van der Waals surface area contributed by atoms with E-state index in [-0.39, 0.29) is 29.7 Å². The number of likely N-dealkylation sites (tertiary alicyclic amines) is 1. The molecule has 7 atom stereocenters. The molecule has 1 aromatic carbocycles. The van der Waals surface area contributed by atoms with Crippen LogP contribution in [0.4, 0.5) is 0 Å². The number of rotatable bonds is 7. The van der Waals surface area contributed by atoms with E-state index in [2.05, 4.69) is 4.90 Å². The molecule has 11 heteroatoms. The van der Waals surface area contributed by atoms with Crippen molar-refractivity contribution in [3.8, 4) is 11.5 Å². The van der Waals surface area contributed by atoms with Gasteiger partial charge in [-0.1, -0.05) is 13.0 Å². The number of phenols is 1. The summed E-state index contributed by atoms with van der Waals surface area (Å²) in [6, 6.07) is 3.10. The van der Waals surface area contributed by atoms with Gasteiger partial charge >= 0.3 is 11.9 Å². The van der Waals surface area contributed by atoms with Gasteiger partial charge < -0.3 is 39.9 Å². The van der Waals surface area contributed by atoms with Crippen LogP contribution in [0.2, 0.25) is 0 Å². The molecule has 0 saturated carbocycles. The van der Waals surface area contributed by atoms with Gasteiger partial charge in [0.05, 0.1) is 16.9 Å². The number of hydrogen-bond donors (Lipinski definition) is 5. The van der Waals surface area contributed by atoms with Crippen LogP contribution in [0, 0.1) is 5.92 Å². The van der Waals surface area contributed by atoms with Crippen molar-refractivity contribution in [2.45, 2.75) is 68.0 Å². The van der Waals surface area contributed by atoms with E-state index in [0.29, 0.717) is 24.9 Å². The van der Waals surface area contributed by atoms with Gasteiger partial charge in [0.2, 0.25) is 0 Å². The van der Waals surface area contributed by atoms with Crippen molar-refractivity contribution in [2.24, 2.45) is 5.92 Å². The van der Waals surface area contributed by atoms with Gasteiger partial charge in [0, 0.05) is 24.4 Å². The Morgan fingerprint density at radius 2 is 1.97 bits per heavy atom. The number of carboxylic acids is 1. The van der Waals surface area contributed by atoms with E-state index in [1.165, 1.54) is 19.1 Å². The zero-order valence-corrected chi connectivity index (χ0v) is 19.9. The Kier molecular flexibility index (Phi) is 5.67. The van der Waals surface area contributed by atoms with Crippen LogP contribution in [0.25, 0.3) is 0 Å². The summed E-state index contributed by atoms with van der Waals surface area (Å²) in [6.45, 7) is 1.89. The second-order valence-electron chi connectivity index (χ2n) is 10.3. The van der Waals surface area contributed by atoms with E-state index < -0.39 is 59.4 Å². The molecule has 5 N–H and O–H groups in total. The number of likely N-dealkylation sites (N-methyl/N-ethyl adjacent to an activating group) is 1. The van der Waals surface area contributed by atoms with Crippen LogP contribution in [0.3, 0.4) is 0 Å². The molecule has 1 aromatic rings. The molecule has 194 valence electrons. The summed E-state index contributed by atoms with van der Waals surface area (Å²) >= 11 is 0. The molecule has 0 aromatic heterocycles. The van der Waals surface area contributed by atoms with Crippen LogP contribution in [-0.4, -0.2) is 91.7 Å². The van der Waals surface area contributed by atoms with Crippen LogP contribution in [0.15, 0.2) is 24.0 Å². The highest BCUT2D eigenvalue weighted by atomic mass is 16.6. The Morgan fingerprint density at radius 3 is 2.67 bits per heavy atom. The normalized spacial score (nSPS) is 32.4. The van der Waals surface area contributed by atoms with E-state index in [0.717, 1.165) is 5.56 Å². The fourth-order valence-corrected chi connectivity index (χ4v) is 6.43. The summed E-state index contributed by atoms with van der Waals surface area (Å²) in [5, 5.41) is 52.0. The van der Waals surface area contributed by atoms with Crippen molar-refractivity contribution in [1.82, 2.24) is 4.90 Å². The second-order valence-corrected chi connectivity index (χ2v) is 10.3. The molecule has 1 saturated heterocycles. The first-order chi connectivity index (χ1) is 16.9. The minimum Gasteiger partial charge on any atom is -0.504 e.